The molecule has 0 aromatic heterocycles. The zero-order chi connectivity index (χ0) is 16.0. The first-order valence-electron chi connectivity index (χ1n) is 7.39. The van der Waals surface area contributed by atoms with Crippen LogP contribution in [-0.4, -0.2) is 17.7 Å². The second kappa shape index (κ2) is 4.93. The van der Waals surface area contributed by atoms with Gasteiger partial charge >= 0.3 is 6.09 Å². The minimum atomic E-state index is -0.504. The lowest BCUT2D eigenvalue weighted by molar-refractivity contribution is 0.0546. The molecule has 0 aliphatic carbocycles. The highest BCUT2D eigenvalue weighted by Crippen LogP contribution is 2.41. The third-order valence-electron chi connectivity index (χ3n) is 3.68. The molecule has 1 amide bonds. The van der Waals surface area contributed by atoms with E-state index in [1.54, 1.807) is 4.90 Å². The van der Waals surface area contributed by atoms with Gasteiger partial charge in [0.2, 0.25) is 0 Å². The van der Waals surface area contributed by atoms with Gasteiger partial charge in [0.25, 0.3) is 0 Å². The van der Waals surface area contributed by atoms with Gasteiger partial charge in [0.1, 0.15) is 5.60 Å². The maximum absolute atomic E-state index is 12.6. The molecule has 4 heteroatoms. The van der Waals surface area contributed by atoms with Gasteiger partial charge in [-0.1, -0.05) is 20.8 Å². The van der Waals surface area contributed by atoms with Crippen LogP contribution in [0.4, 0.5) is 16.2 Å². The fourth-order valence-electron chi connectivity index (χ4n) is 2.70. The molecule has 1 heterocycles. The number of carbonyl (C=O) groups excluding carboxylic acids is 1. The average Bonchev–Trinajstić information content (AvgIpc) is 2.64. The minimum Gasteiger partial charge on any atom is -0.443 e. The van der Waals surface area contributed by atoms with E-state index in [9.17, 15) is 4.79 Å². The van der Waals surface area contributed by atoms with Crippen LogP contribution in [0.15, 0.2) is 18.2 Å². The van der Waals surface area contributed by atoms with Crippen LogP contribution < -0.4 is 10.6 Å². The molecule has 21 heavy (non-hydrogen) atoms. The lowest BCUT2D eigenvalue weighted by Gasteiger charge is -2.36. The summed E-state index contributed by atoms with van der Waals surface area (Å²) in [5.74, 6) is 0. The third-order valence-corrected chi connectivity index (χ3v) is 3.68. The molecule has 1 atom stereocenters. The molecule has 0 saturated heterocycles. The molecule has 0 saturated carbocycles. The maximum Gasteiger partial charge on any atom is 0.415 e. The van der Waals surface area contributed by atoms with Gasteiger partial charge in [0.15, 0.2) is 0 Å². The van der Waals surface area contributed by atoms with Crippen molar-refractivity contribution in [2.75, 3.05) is 10.6 Å². The van der Waals surface area contributed by atoms with Crippen LogP contribution in [0.1, 0.15) is 47.1 Å². The number of nitrogens with zero attached hydrogens (tertiary/aromatic N) is 1. The lowest BCUT2D eigenvalue weighted by atomic mass is 9.84. The number of nitrogen functional groups attached to an aromatic ring is 1. The zero-order valence-electron chi connectivity index (χ0n) is 13.9. The van der Waals surface area contributed by atoms with Crippen molar-refractivity contribution in [3.8, 4) is 0 Å². The van der Waals surface area contributed by atoms with E-state index in [0.717, 1.165) is 23.4 Å². The molecule has 2 N–H and O–H groups in total. The summed E-state index contributed by atoms with van der Waals surface area (Å²) in [6.45, 7) is 12.1. The third kappa shape index (κ3) is 3.31. The van der Waals surface area contributed by atoms with Crippen LogP contribution in [0.5, 0.6) is 0 Å². The molecule has 1 aromatic rings. The molecule has 1 aliphatic heterocycles. The van der Waals surface area contributed by atoms with E-state index in [2.05, 4.69) is 20.8 Å². The molecular formula is C17H26N2O2. The van der Waals surface area contributed by atoms with Crippen molar-refractivity contribution in [2.45, 2.75) is 59.6 Å². The number of hydrogen-bond donors (Lipinski definition) is 1. The first-order chi connectivity index (χ1) is 9.49. The second-order valence-electron chi connectivity index (χ2n) is 7.82. The Balaban J connectivity index is 2.41. The summed E-state index contributed by atoms with van der Waals surface area (Å²) in [5, 5.41) is 0. The predicted octanol–water partition coefficient (Wildman–Crippen LogP) is 3.98. The van der Waals surface area contributed by atoms with E-state index in [4.69, 9.17) is 10.5 Å². The molecule has 2 rings (SSSR count). The summed E-state index contributed by atoms with van der Waals surface area (Å²) in [5.41, 5.74) is 8.09. The highest BCUT2D eigenvalue weighted by molar-refractivity contribution is 5.92. The van der Waals surface area contributed by atoms with Gasteiger partial charge in [-0.25, -0.2) is 4.79 Å². The topological polar surface area (TPSA) is 55.6 Å². The Kier molecular flexibility index (Phi) is 3.68. The number of benzene rings is 1. The first kappa shape index (κ1) is 15.7. The van der Waals surface area contributed by atoms with Crippen LogP contribution in [-0.2, 0) is 11.2 Å². The van der Waals surface area contributed by atoms with Crippen LogP contribution >= 0.6 is 0 Å². The Hall–Kier alpha value is -1.71. The van der Waals surface area contributed by atoms with E-state index in [1.807, 2.05) is 39.0 Å². The molecule has 1 aromatic carbocycles. The number of amides is 1. The van der Waals surface area contributed by atoms with Crippen LogP contribution in [0.3, 0.4) is 0 Å². The Bertz CT molecular complexity index is 553. The molecule has 0 spiro atoms. The molecule has 0 radical (unpaired) electrons. The molecule has 116 valence electrons. The first-order valence-corrected chi connectivity index (χ1v) is 7.39. The molecule has 1 aliphatic rings. The monoisotopic (exact) mass is 290 g/mol. The maximum atomic E-state index is 12.6. The Morgan fingerprint density at radius 2 is 1.86 bits per heavy atom. The van der Waals surface area contributed by atoms with Gasteiger partial charge in [-0.15, -0.1) is 0 Å². The summed E-state index contributed by atoms with van der Waals surface area (Å²) in [7, 11) is 0. The van der Waals surface area contributed by atoms with E-state index in [0.29, 0.717) is 0 Å². The molecule has 4 nitrogen and oxygen atoms in total. The lowest BCUT2D eigenvalue weighted by Crippen LogP contribution is -2.47. The van der Waals surface area contributed by atoms with Gasteiger partial charge in [0.05, 0.1) is 5.69 Å². The zero-order valence-corrected chi connectivity index (χ0v) is 13.9. The standard InChI is InChI=1S/C17H26N2O2/c1-16(2,3)14-10-11-9-12(18)7-8-13(11)19(14)15(20)21-17(4,5)6/h7-9,14H,10,18H2,1-6H3/t14-/m1/s1. The van der Waals surface area contributed by atoms with Gasteiger partial charge in [-0.2, -0.15) is 0 Å². The largest absolute Gasteiger partial charge is 0.443 e. The number of carbonyl (C=O) groups is 1. The average molecular weight is 290 g/mol. The number of hydrogen-bond acceptors (Lipinski definition) is 3. The Morgan fingerprint density at radius 1 is 1.24 bits per heavy atom. The van der Waals surface area contributed by atoms with Crippen molar-refractivity contribution in [1.82, 2.24) is 0 Å². The minimum absolute atomic E-state index is 0.0370. The van der Waals surface area contributed by atoms with Crippen LogP contribution in [0, 0.1) is 5.41 Å². The SMILES string of the molecule is CC(C)(C)OC(=O)N1c2ccc(N)cc2C[C@@H]1C(C)(C)C. The van der Waals surface area contributed by atoms with Crippen LogP contribution in [0.2, 0.25) is 0 Å². The number of fused-ring (bicyclic) bond motifs is 1. The summed E-state index contributed by atoms with van der Waals surface area (Å²) in [6.07, 6.45) is 0.522. The van der Waals surface area contributed by atoms with Crippen molar-refractivity contribution < 1.29 is 9.53 Å². The van der Waals surface area contributed by atoms with Gasteiger partial charge in [0, 0.05) is 11.7 Å². The Labute approximate surface area is 127 Å². The van der Waals surface area contributed by atoms with Gasteiger partial charge in [-0.05, 0) is 56.4 Å². The number of nitrogens with two attached hydrogens (primary N) is 1. The number of ether oxygens (including phenoxy) is 1. The second-order valence-corrected chi connectivity index (χ2v) is 7.82. The van der Waals surface area contributed by atoms with Crippen LogP contribution in [0.25, 0.3) is 0 Å². The smallest absolute Gasteiger partial charge is 0.415 e. The van der Waals surface area contributed by atoms with Crippen molar-refractivity contribution in [1.29, 1.82) is 0 Å². The fourth-order valence-corrected chi connectivity index (χ4v) is 2.70. The summed E-state index contributed by atoms with van der Waals surface area (Å²) < 4.78 is 5.59. The molecule has 0 bridgehead atoms. The van der Waals surface area contributed by atoms with Crippen molar-refractivity contribution in [3.63, 3.8) is 0 Å². The van der Waals surface area contributed by atoms with Gasteiger partial charge < -0.3 is 10.5 Å². The van der Waals surface area contributed by atoms with E-state index < -0.39 is 5.60 Å². The molecular weight excluding hydrogens is 264 g/mol. The Morgan fingerprint density at radius 3 is 2.38 bits per heavy atom. The normalized spacial score (nSPS) is 18.6. The van der Waals surface area contributed by atoms with Gasteiger partial charge in [-0.3, -0.25) is 4.90 Å². The van der Waals surface area contributed by atoms with E-state index >= 15 is 0 Å². The number of anilines is 2. The number of rotatable bonds is 0. The van der Waals surface area contributed by atoms with Crippen molar-refractivity contribution in [2.24, 2.45) is 5.41 Å². The molecule has 0 unspecified atom stereocenters. The fraction of sp³-hybridized carbons (Fsp3) is 0.588. The van der Waals surface area contributed by atoms with E-state index in [1.165, 1.54) is 0 Å². The quantitative estimate of drug-likeness (QED) is 0.735. The molecule has 0 fully saturated rings. The van der Waals surface area contributed by atoms with E-state index in [-0.39, 0.29) is 17.6 Å². The predicted molar refractivity (Wildman–Crippen MR) is 86.5 cm³/mol. The summed E-state index contributed by atoms with van der Waals surface area (Å²) >= 11 is 0. The van der Waals surface area contributed by atoms with Crippen molar-refractivity contribution >= 4 is 17.5 Å². The van der Waals surface area contributed by atoms with Crippen molar-refractivity contribution in [3.05, 3.63) is 23.8 Å². The highest BCUT2D eigenvalue weighted by atomic mass is 16.6. The summed E-state index contributed by atoms with van der Waals surface area (Å²) in [4.78, 5) is 14.4. The summed E-state index contributed by atoms with van der Waals surface area (Å²) in [6, 6.07) is 5.78. The highest BCUT2D eigenvalue weighted by Gasteiger charge is 2.42.